The van der Waals surface area contributed by atoms with Gasteiger partial charge in [0.15, 0.2) is 0 Å². The lowest BCUT2D eigenvalue weighted by Gasteiger charge is -2.34. The van der Waals surface area contributed by atoms with Crippen LogP contribution in [0.1, 0.15) is 53.9 Å². The number of halogens is 1. The van der Waals surface area contributed by atoms with Crippen LogP contribution in [0.25, 0.3) is 0 Å². The molecule has 1 atom stereocenters. The van der Waals surface area contributed by atoms with Gasteiger partial charge in [-0.15, -0.1) is 23.7 Å². The van der Waals surface area contributed by atoms with Crippen molar-refractivity contribution in [1.29, 1.82) is 0 Å². The summed E-state index contributed by atoms with van der Waals surface area (Å²) >= 11 is 1.77. The average Bonchev–Trinajstić information content (AvgIpc) is 3.22. The maximum Gasteiger partial charge on any atom is 0.251 e. The van der Waals surface area contributed by atoms with Crippen molar-refractivity contribution in [3.8, 4) is 5.75 Å². The molecule has 1 aliphatic heterocycles. The molecule has 1 fully saturated rings. The second-order valence-corrected chi connectivity index (χ2v) is 7.69. The van der Waals surface area contributed by atoms with Crippen molar-refractivity contribution in [1.82, 2.24) is 10.2 Å². The summed E-state index contributed by atoms with van der Waals surface area (Å²) in [5.74, 6) is 0.791. The highest BCUT2D eigenvalue weighted by Crippen LogP contribution is 2.27. The summed E-state index contributed by atoms with van der Waals surface area (Å²) < 4.78 is 5.58. The van der Waals surface area contributed by atoms with E-state index in [4.69, 9.17) is 4.74 Å². The van der Waals surface area contributed by atoms with Crippen molar-refractivity contribution in [2.45, 2.75) is 38.6 Å². The van der Waals surface area contributed by atoms with E-state index < -0.39 is 0 Å². The molecule has 0 bridgehead atoms. The van der Waals surface area contributed by atoms with Crippen molar-refractivity contribution in [2.24, 2.45) is 0 Å². The highest BCUT2D eigenvalue weighted by atomic mass is 35.5. The minimum absolute atomic E-state index is 0. The zero-order chi connectivity index (χ0) is 18.2. The predicted octanol–water partition coefficient (Wildman–Crippen LogP) is 4.92. The maximum absolute atomic E-state index is 12.6. The number of carbonyl (C=O) groups is 1. The van der Waals surface area contributed by atoms with Gasteiger partial charge < -0.3 is 10.1 Å². The molecule has 0 aliphatic carbocycles. The Morgan fingerprint density at radius 1 is 1.19 bits per heavy atom. The Bertz CT molecular complexity index is 670. The van der Waals surface area contributed by atoms with Crippen molar-refractivity contribution in [3.63, 3.8) is 0 Å². The zero-order valence-electron chi connectivity index (χ0n) is 15.9. The number of piperidine rings is 1. The summed E-state index contributed by atoms with van der Waals surface area (Å²) in [7, 11) is 0. The normalized spacial score (nSPS) is 15.6. The fraction of sp³-hybridized carbons (Fsp3) is 0.476. The Hall–Kier alpha value is -1.56. The number of hydrogen-bond acceptors (Lipinski definition) is 4. The molecule has 2 aromatic rings. The summed E-state index contributed by atoms with van der Waals surface area (Å²) in [6.07, 6.45) is 4.78. The number of carbonyl (C=O) groups excluding carboxylic acids is 1. The zero-order valence-corrected chi connectivity index (χ0v) is 17.5. The number of ether oxygens (including phenoxy) is 1. The van der Waals surface area contributed by atoms with Crippen molar-refractivity contribution < 1.29 is 9.53 Å². The molecular formula is C21H29ClN2O2S. The summed E-state index contributed by atoms with van der Waals surface area (Å²) in [5.41, 5.74) is 0.678. The molecule has 27 heavy (non-hydrogen) atoms. The minimum Gasteiger partial charge on any atom is -0.494 e. The van der Waals surface area contributed by atoms with Gasteiger partial charge >= 0.3 is 0 Å². The van der Waals surface area contributed by atoms with E-state index in [0.717, 1.165) is 25.3 Å². The Balaban J connectivity index is 0.00000261. The van der Waals surface area contributed by atoms with E-state index in [9.17, 15) is 4.79 Å². The molecule has 1 unspecified atom stereocenters. The highest BCUT2D eigenvalue weighted by molar-refractivity contribution is 7.10. The highest BCUT2D eigenvalue weighted by Gasteiger charge is 2.23. The van der Waals surface area contributed by atoms with E-state index in [1.54, 1.807) is 11.3 Å². The monoisotopic (exact) mass is 408 g/mol. The number of likely N-dealkylation sites (tertiary alicyclic amines) is 1. The molecular weight excluding hydrogens is 380 g/mol. The third-order valence-corrected chi connectivity index (χ3v) is 5.72. The van der Waals surface area contributed by atoms with E-state index in [0.29, 0.717) is 18.7 Å². The first kappa shape index (κ1) is 21.7. The first-order chi connectivity index (χ1) is 12.8. The Morgan fingerprint density at radius 2 is 1.93 bits per heavy atom. The Morgan fingerprint density at radius 3 is 2.56 bits per heavy atom. The maximum atomic E-state index is 12.6. The lowest BCUT2D eigenvalue weighted by Crippen LogP contribution is -2.40. The third-order valence-electron chi connectivity index (χ3n) is 4.75. The molecule has 1 aromatic carbocycles. The molecule has 1 saturated heterocycles. The molecule has 0 spiro atoms. The minimum atomic E-state index is -0.0226. The fourth-order valence-electron chi connectivity index (χ4n) is 3.33. The first-order valence-electron chi connectivity index (χ1n) is 9.56. The van der Waals surface area contributed by atoms with Gasteiger partial charge in [0.2, 0.25) is 0 Å². The summed E-state index contributed by atoms with van der Waals surface area (Å²) in [6.45, 7) is 5.65. The fourth-order valence-corrected chi connectivity index (χ4v) is 4.20. The molecule has 1 aromatic heterocycles. The number of amides is 1. The van der Waals surface area contributed by atoms with Gasteiger partial charge in [-0.3, -0.25) is 9.69 Å². The molecule has 3 rings (SSSR count). The standard InChI is InChI=1S/C21H28N2O2S.ClH/c1-2-14-25-18-10-8-17(9-11-18)21(24)22-16-19(20-7-6-15-26-20)23-12-4-3-5-13-23;/h6-11,15,19H,2-5,12-14,16H2,1H3,(H,22,24);1H. The van der Waals surface area contributed by atoms with Crippen LogP contribution in [0.15, 0.2) is 41.8 Å². The smallest absolute Gasteiger partial charge is 0.251 e. The first-order valence-corrected chi connectivity index (χ1v) is 10.4. The van der Waals surface area contributed by atoms with Gasteiger partial charge in [0.05, 0.1) is 12.6 Å². The van der Waals surface area contributed by atoms with Gasteiger partial charge in [-0.1, -0.05) is 19.4 Å². The van der Waals surface area contributed by atoms with Gasteiger partial charge in [0.1, 0.15) is 5.75 Å². The van der Waals surface area contributed by atoms with Crippen molar-refractivity contribution in [2.75, 3.05) is 26.2 Å². The van der Waals surface area contributed by atoms with E-state index in [-0.39, 0.29) is 24.4 Å². The van der Waals surface area contributed by atoms with Crippen LogP contribution < -0.4 is 10.1 Å². The van der Waals surface area contributed by atoms with Crippen LogP contribution in [-0.2, 0) is 0 Å². The van der Waals surface area contributed by atoms with Gasteiger partial charge in [0, 0.05) is 17.0 Å². The quantitative estimate of drug-likeness (QED) is 0.674. The molecule has 1 N–H and O–H groups in total. The van der Waals surface area contributed by atoms with E-state index in [1.807, 2.05) is 24.3 Å². The molecule has 0 radical (unpaired) electrons. The van der Waals surface area contributed by atoms with Crippen LogP contribution in [0, 0.1) is 0 Å². The van der Waals surface area contributed by atoms with E-state index in [1.165, 1.54) is 24.1 Å². The van der Waals surface area contributed by atoms with Crippen LogP contribution in [0.5, 0.6) is 5.75 Å². The molecule has 1 aliphatic rings. The lowest BCUT2D eigenvalue weighted by molar-refractivity contribution is 0.0925. The van der Waals surface area contributed by atoms with Crippen molar-refractivity contribution >= 4 is 29.7 Å². The number of nitrogens with one attached hydrogen (secondary N) is 1. The Kier molecular flexibility index (Phi) is 9.11. The molecule has 1 amide bonds. The lowest BCUT2D eigenvalue weighted by atomic mass is 10.1. The summed E-state index contributed by atoms with van der Waals surface area (Å²) in [5, 5.41) is 5.25. The van der Waals surface area contributed by atoms with Crippen LogP contribution in [-0.4, -0.2) is 37.0 Å². The third kappa shape index (κ3) is 6.23. The largest absolute Gasteiger partial charge is 0.494 e. The second-order valence-electron chi connectivity index (χ2n) is 6.71. The van der Waals surface area contributed by atoms with Crippen LogP contribution in [0.4, 0.5) is 0 Å². The predicted molar refractivity (Wildman–Crippen MR) is 114 cm³/mol. The summed E-state index contributed by atoms with van der Waals surface area (Å²) in [4.78, 5) is 16.4. The number of hydrogen-bond donors (Lipinski definition) is 1. The average molecular weight is 409 g/mol. The van der Waals surface area contributed by atoms with Crippen molar-refractivity contribution in [3.05, 3.63) is 52.2 Å². The molecule has 0 saturated carbocycles. The van der Waals surface area contributed by atoms with Crippen LogP contribution in [0.2, 0.25) is 0 Å². The van der Waals surface area contributed by atoms with Gasteiger partial charge in [-0.2, -0.15) is 0 Å². The van der Waals surface area contributed by atoms with Gasteiger partial charge in [-0.05, 0) is 68.1 Å². The van der Waals surface area contributed by atoms with E-state index >= 15 is 0 Å². The van der Waals surface area contributed by atoms with E-state index in [2.05, 4.69) is 34.7 Å². The second kappa shape index (κ2) is 11.3. The number of nitrogens with zero attached hydrogens (tertiary/aromatic N) is 1. The van der Waals surface area contributed by atoms with Crippen LogP contribution in [0.3, 0.4) is 0 Å². The topological polar surface area (TPSA) is 41.6 Å². The number of thiophene rings is 1. The van der Waals surface area contributed by atoms with Gasteiger partial charge in [0.25, 0.3) is 5.91 Å². The summed E-state index contributed by atoms with van der Waals surface area (Å²) in [6, 6.07) is 11.9. The Labute approximate surface area is 172 Å². The molecule has 148 valence electrons. The number of benzene rings is 1. The number of rotatable bonds is 8. The molecule has 4 nitrogen and oxygen atoms in total. The van der Waals surface area contributed by atoms with Crippen LogP contribution >= 0.6 is 23.7 Å². The van der Waals surface area contributed by atoms with Gasteiger partial charge in [-0.25, -0.2) is 0 Å². The molecule has 6 heteroatoms. The SMILES string of the molecule is CCCOc1ccc(C(=O)NCC(c2cccs2)N2CCCCC2)cc1.Cl. The molecule has 2 heterocycles.